The zero-order valence-corrected chi connectivity index (χ0v) is 10.4. The normalized spacial score (nSPS) is 10.4. The average molecular weight is 284 g/mol. The first-order valence-corrected chi connectivity index (χ1v) is 6.05. The van der Waals surface area contributed by atoms with Gasteiger partial charge in [0.15, 0.2) is 0 Å². The van der Waals surface area contributed by atoms with Gasteiger partial charge in [-0.05, 0) is 12.1 Å². The van der Waals surface area contributed by atoms with Crippen LogP contribution in [0.5, 0.6) is 0 Å². The van der Waals surface area contributed by atoms with Crippen molar-refractivity contribution in [3.8, 4) is 6.07 Å². The molecule has 14 heavy (non-hydrogen) atoms. The molecule has 0 N–H and O–H groups in total. The third kappa shape index (κ3) is 1.56. The SMILES string of the molecule is N#CCc1sc2cccc(Br)c2c1S. The summed E-state index contributed by atoms with van der Waals surface area (Å²) < 4.78 is 2.22. The minimum absolute atomic E-state index is 0.435. The lowest BCUT2D eigenvalue weighted by atomic mass is 10.2. The van der Waals surface area contributed by atoms with Crippen LogP contribution in [0, 0.1) is 11.3 Å². The molecular formula is C10H6BrNS2. The molecule has 1 aromatic carbocycles. The Morgan fingerprint density at radius 2 is 2.29 bits per heavy atom. The summed E-state index contributed by atoms with van der Waals surface area (Å²) in [6.45, 7) is 0. The second kappa shape index (κ2) is 3.93. The van der Waals surface area contributed by atoms with Crippen LogP contribution in [0.2, 0.25) is 0 Å². The van der Waals surface area contributed by atoms with Gasteiger partial charge in [0, 0.05) is 24.3 Å². The van der Waals surface area contributed by atoms with Crippen LogP contribution >= 0.6 is 39.9 Å². The monoisotopic (exact) mass is 283 g/mol. The molecule has 0 unspecified atom stereocenters. The van der Waals surface area contributed by atoms with Crippen LogP contribution in [0.1, 0.15) is 4.88 Å². The molecule has 2 aromatic rings. The van der Waals surface area contributed by atoms with E-state index < -0.39 is 0 Å². The molecule has 1 nitrogen and oxygen atoms in total. The van der Waals surface area contributed by atoms with Crippen molar-refractivity contribution in [1.29, 1.82) is 5.26 Å². The van der Waals surface area contributed by atoms with Gasteiger partial charge >= 0.3 is 0 Å². The molecule has 0 aliphatic heterocycles. The first-order valence-electron chi connectivity index (χ1n) is 4.00. The van der Waals surface area contributed by atoms with Crippen LogP contribution < -0.4 is 0 Å². The Kier molecular flexibility index (Phi) is 2.82. The summed E-state index contributed by atoms with van der Waals surface area (Å²) >= 11 is 9.57. The summed E-state index contributed by atoms with van der Waals surface area (Å²) in [6.07, 6.45) is 0.435. The Labute approximate surface area is 99.9 Å². The fourth-order valence-corrected chi connectivity index (χ4v) is 3.77. The van der Waals surface area contributed by atoms with E-state index in [-0.39, 0.29) is 0 Å². The van der Waals surface area contributed by atoms with Gasteiger partial charge in [-0.3, -0.25) is 0 Å². The Morgan fingerprint density at radius 3 is 2.93 bits per heavy atom. The van der Waals surface area contributed by atoms with Crippen molar-refractivity contribution in [2.24, 2.45) is 0 Å². The van der Waals surface area contributed by atoms with Crippen LogP contribution in [0.15, 0.2) is 27.6 Å². The van der Waals surface area contributed by atoms with E-state index in [1.807, 2.05) is 18.2 Å². The maximum absolute atomic E-state index is 8.65. The van der Waals surface area contributed by atoms with Gasteiger partial charge in [-0.2, -0.15) is 5.26 Å². The van der Waals surface area contributed by atoms with Gasteiger partial charge in [-0.15, -0.1) is 24.0 Å². The molecule has 0 bridgehead atoms. The highest BCUT2D eigenvalue weighted by Crippen LogP contribution is 2.38. The summed E-state index contributed by atoms with van der Waals surface area (Å²) in [5, 5.41) is 9.77. The second-order valence-corrected chi connectivity index (χ2v) is 5.26. The van der Waals surface area contributed by atoms with Gasteiger partial charge in [0.25, 0.3) is 0 Å². The molecule has 70 valence electrons. The number of hydrogen-bond acceptors (Lipinski definition) is 3. The predicted octanol–water partition coefficient (Wildman–Crippen LogP) is 4.02. The molecule has 4 heteroatoms. The first kappa shape index (κ1) is 10.0. The molecule has 1 aromatic heterocycles. The van der Waals surface area contributed by atoms with Crippen molar-refractivity contribution in [3.05, 3.63) is 27.5 Å². The van der Waals surface area contributed by atoms with E-state index in [0.29, 0.717) is 6.42 Å². The van der Waals surface area contributed by atoms with Crippen LogP contribution in [-0.2, 0) is 6.42 Å². The first-order chi connectivity index (χ1) is 6.74. The maximum atomic E-state index is 8.65. The molecule has 0 aliphatic carbocycles. The predicted molar refractivity (Wildman–Crippen MR) is 66.1 cm³/mol. The van der Waals surface area contributed by atoms with E-state index >= 15 is 0 Å². The Hall–Kier alpha value is -0.500. The van der Waals surface area contributed by atoms with Gasteiger partial charge < -0.3 is 0 Å². The Balaban J connectivity index is 2.75. The molecule has 1 heterocycles. The van der Waals surface area contributed by atoms with Gasteiger partial charge in [0.1, 0.15) is 0 Å². The molecule has 2 rings (SSSR count). The molecule has 0 spiro atoms. The zero-order valence-electron chi connectivity index (χ0n) is 7.12. The summed E-state index contributed by atoms with van der Waals surface area (Å²) in [5.41, 5.74) is 0. The lowest BCUT2D eigenvalue weighted by Gasteiger charge is -1.94. The van der Waals surface area contributed by atoms with E-state index in [0.717, 1.165) is 19.6 Å². The molecule has 0 fully saturated rings. The van der Waals surface area contributed by atoms with Crippen molar-refractivity contribution in [2.45, 2.75) is 11.3 Å². The summed E-state index contributed by atoms with van der Waals surface area (Å²) in [4.78, 5) is 1.97. The van der Waals surface area contributed by atoms with Crippen LogP contribution in [0.25, 0.3) is 10.1 Å². The standard InChI is InChI=1S/C10H6BrNS2/c11-6-2-1-3-7-9(6)10(13)8(14-7)4-5-12/h1-3,13H,4H2. The molecule has 0 atom stereocenters. The number of thiophene rings is 1. The van der Waals surface area contributed by atoms with Gasteiger partial charge in [0.05, 0.1) is 12.5 Å². The maximum Gasteiger partial charge on any atom is 0.0707 e. The lowest BCUT2D eigenvalue weighted by molar-refractivity contribution is 1.27. The fourth-order valence-electron chi connectivity index (χ4n) is 1.33. The minimum atomic E-state index is 0.435. The third-order valence-electron chi connectivity index (χ3n) is 1.95. The molecule has 0 saturated carbocycles. The van der Waals surface area contributed by atoms with Crippen molar-refractivity contribution < 1.29 is 0 Å². The number of rotatable bonds is 1. The summed E-state index contributed by atoms with van der Waals surface area (Å²) in [5.74, 6) is 0. The number of halogens is 1. The molecule has 0 aliphatic rings. The van der Waals surface area contributed by atoms with Gasteiger partial charge in [0.2, 0.25) is 0 Å². The van der Waals surface area contributed by atoms with E-state index in [9.17, 15) is 0 Å². The molecule has 0 amide bonds. The second-order valence-electron chi connectivity index (χ2n) is 2.82. The average Bonchev–Trinajstić information content (AvgIpc) is 2.46. The van der Waals surface area contributed by atoms with Crippen LogP contribution in [0.4, 0.5) is 0 Å². The van der Waals surface area contributed by atoms with Crippen LogP contribution in [-0.4, -0.2) is 0 Å². The van der Waals surface area contributed by atoms with Crippen molar-refractivity contribution >= 4 is 50.0 Å². The number of benzene rings is 1. The molecule has 0 radical (unpaired) electrons. The highest BCUT2D eigenvalue weighted by molar-refractivity contribution is 9.10. The smallest absolute Gasteiger partial charge is 0.0707 e. The number of fused-ring (bicyclic) bond motifs is 1. The summed E-state index contributed by atoms with van der Waals surface area (Å²) in [6, 6.07) is 8.18. The third-order valence-corrected chi connectivity index (χ3v) is 4.41. The summed E-state index contributed by atoms with van der Waals surface area (Å²) in [7, 11) is 0. The van der Waals surface area contributed by atoms with E-state index in [1.165, 1.54) is 4.70 Å². The van der Waals surface area contributed by atoms with Crippen molar-refractivity contribution in [2.75, 3.05) is 0 Å². The highest BCUT2D eigenvalue weighted by atomic mass is 79.9. The quantitative estimate of drug-likeness (QED) is 0.786. The number of nitrogens with zero attached hydrogens (tertiary/aromatic N) is 1. The van der Waals surface area contributed by atoms with Gasteiger partial charge in [-0.25, -0.2) is 0 Å². The van der Waals surface area contributed by atoms with E-state index in [1.54, 1.807) is 11.3 Å². The Bertz CT molecular complexity index is 525. The topological polar surface area (TPSA) is 23.8 Å². The molecule has 0 saturated heterocycles. The minimum Gasteiger partial charge on any atom is -0.198 e. The Morgan fingerprint density at radius 1 is 1.50 bits per heavy atom. The fraction of sp³-hybridized carbons (Fsp3) is 0.100. The number of nitriles is 1. The van der Waals surface area contributed by atoms with Crippen molar-refractivity contribution in [3.63, 3.8) is 0 Å². The van der Waals surface area contributed by atoms with Gasteiger partial charge in [-0.1, -0.05) is 22.0 Å². The lowest BCUT2D eigenvalue weighted by Crippen LogP contribution is -1.75. The molecular weight excluding hydrogens is 278 g/mol. The number of hydrogen-bond donors (Lipinski definition) is 1. The largest absolute Gasteiger partial charge is 0.198 e. The highest BCUT2D eigenvalue weighted by Gasteiger charge is 2.10. The van der Waals surface area contributed by atoms with E-state index in [4.69, 9.17) is 5.26 Å². The van der Waals surface area contributed by atoms with Crippen LogP contribution in [0.3, 0.4) is 0 Å². The van der Waals surface area contributed by atoms with E-state index in [2.05, 4.69) is 34.6 Å². The number of thiol groups is 1. The van der Waals surface area contributed by atoms with Crippen molar-refractivity contribution in [1.82, 2.24) is 0 Å². The zero-order chi connectivity index (χ0) is 10.1.